The summed E-state index contributed by atoms with van der Waals surface area (Å²) in [5.74, 6) is -0.949. The first kappa shape index (κ1) is 17.5. The van der Waals surface area contributed by atoms with Crippen molar-refractivity contribution in [2.75, 3.05) is 8.61 Å². The van der Waals surface area contributed by atoms with Gasteiger partial charge in [-0.25, -0.2) is 17.4 Å². The van der Waals surface area contributed by atoms with Crippen molar-refractivity contribution in [2.45, 2.75) is 13.1 Å². The van der Waals surface area contributed by atoms with E-state index in [1.54, 1.807) is 60.7 Å². The molecular formula is C20H16F2N2O2S. The molecule has 0 aromatic heterocycles. The number of hydrogen-bond donors (Lipinski definition) is 0. The van der Waals surface area contributed by atoms with E-state index in [9.17, 15) is 17.2 Å². The van der Waals surface area contributed by atoms with Gasteiger partial charge in [-0.3, -0.25) is 0 Å². The number of benzene rings is 3. The zero-order valence-corrected chi connectivity index (χ0v) is 15.0. The molecule has 3 aromatic carbocycles. The molecule has 0 bridgehead atoms. The third-order valence-electron chi connectivity index (χ3n) is 4.52. The molecule has 138 valence electrons. The summed E-state index contributed by atoms with van der Waals surface area (Å²) in [5.41, 5.74) is 1.42. The highest BCUT2D eigenvalue weighted by molar-refractivity contribution is 7.94. The second kappa shape index (κ2) is 6.66. The van der Waals surface area contributed by atoms with Crippen LogP contribution in [0.2, 0.25) is 0 Å². The molecule has 4 rings (SSSR count). The predicted molar refractivity (Wildman–Crippen MR) is 101 cm³/mol. The number of para-hydroxylation sites is 2. The van der Waals surface area contributed by atoms with E-state index in [0.717, 1.165) is 8.61 Å². The van der Waals surface area contributed by atoms with Gasteiger partial charge in [0.2, 0.25) is 0 Å². The Kier molecular flexibility index (Phi) is 4.31. The van der Waals surface area contributed by atoms with Crippen molar-refractivity contribution >= 4 is 21.6 Å². The maximum atomic E-state index is 14.1. The van der Waals surface area contributed by atoms with Crippen LogP contribution in [0.3, 0.4) is 0 Å². The average molecular weight is 386 g/mol. The van der Waals surface area contributed by atoms with Crippen LogP contribution in [0.15, 0.2) is 72.8 Å². The van der Waals surface area contributed by atoms with Gasteiger partial charge in [0, 0.05) is 11.1 Å². The number of rotatable bonds is 4. The molecule has 0 radical (unpaired) electrons. The summed E-state index contributed by atoms with van der Waals surface area (Å²) >= 11 is 0. The van der Waals surface area contributed by atoms with Gasteiger partial charge in [-0.05, 0) is 24.3 Å². The van der Waals surface area contributed by atoms with E-state index in [-0.39, 0.29) is 24.2 Å². The number of halogens is 2. The van der Waals surface area contributed by atoms with Gasteiger partial charge in [-0.1, -0.05) is 48.5 Å². The quantitative estimate of drug-likeness (QED) is 0.673. The Morgan fingerprint density at radius 2 is 1.00 bits per heavy atom. The molecule has 0 atom stereocenters. The Morgan fingerprint density at radius 1 is 0.630 bits per heavy atom. The molecule has 1 aliphatic heterocycles. The number of hydrogen-bond acceptors (Lipinski definition) is 2. The Morgan fingerprint density at radius 3 is 1.41 bits per heavy atom. The van der Waals surface area contributed by atoms with Crippen molar-refractivity contribution in [1.29, 1.82) is 0 Å². The van der Waals surface area contributed by atoms with Gasteiger partial charge in [0.1, 0.15) is 11.6 Å². The average Bonchev–Trinajstić information content (AvgIpc) is 2.86. The molecule has 7 heteroatoms. The third-order valence-corrected chi connectivity index (χ3v) is 6.29. The van der Waals surface area contributed by atoms with Crippen LogP contribution in [0.25, 0.3) is 0 Å². The topological polar surface area (TPSA) is 40.6 Å². The smallest absolute Gasteiger partial charge is 0.247 e. The minimum absolute atomic E-state index is 0.139. The summed E-state index contributed by atoms with van der Waals surface area (Å²) in [6.45, 7) is -0.278. The first-order valence-corrected chi connectivity index (χ1v) is 9.74. The Hall–Kier alpha value is -2.93. The van der Waals surface area contributed by atoms with Crippen molar-refractivity contribution in [2.24, 2.45) is 0 Å². The molecule has 0 amide bonds. The van der Waals surface area contributed by atoms with Gasteiger partial charge in [0.25, 0.3) is 0 Å². The largest absolute Gasteiger partial charge is 0.327 e. The molecule has 0 saturated carbocycles. The van der Waals surface area contributed by atoms with Crippen LogP contribution >= 0.6 is 0 Å². The molecule has 0 spiro atoms. The predicted octanol–water partition coefficient (Wildman–Crippen LogP) is 4.24. The third kappa shape index (κ3) is 3.04. The zero-order chi connectivity index (χ0) is 19.0. The van der Waals surface area contributed by atoms with Crippen LogP contribution in [0, 0.1) is 11.6 Å². The van der Waals surface area contributed by atoms with Crippen LogP contribution < -0.4 is 8.61 Å². The molecule has 0 unspecified atom stereocenters. The molecule has 0 saturated heterocycles. The number of nitrogens with zero attached hydrogens (tertiary/aromatic N) is 2. The first-order valence-electron chi connectivity index (χ1n) is 8.35. The molecule has 4 nitrogen and oxygen atoms in total. The lowest BCUT2D eigenvalue weighted by Gasteiger charge is -2.22. The monoisotopic (exact) mass is 386 g/mol. The molecule has 27 heavy (non-hydrogen) atoms. The van der Waals surface area contributed by atoms with Crippen molar-refractivity contribution in [3.05, 3.63) is 95.6 Å². The minimum Gasteiger partial charge on any atom is -0.247 e. The lowest BCUT2D eigenvalue weighted by Crippen LogP contribution is -2.37. The molecule has 1 aliphatic rings. The van der Waals surface area contributed by atoms with Crippen molar-refractivity contribution in [3.63, 3.8) is 0 Å². The lowest BCUT2D eigenvalue weighted by molar-refractivity contribution is 0.581. The summed E-state index contributed by atoms with van der Waals surface area (Å²) in [6, 6.07) is 18.9. The van der Waals surface area contributed by atoms with E-state index in [2.05, 4.69) is 0 Å². The van der Waals surface area contributed by atoms with Gasteiger partial charge in [0.05, 0.1) is 24.5 Å². The van der Waals surface area contributed by atoms with Crippen molar-refractivity contribution in [3.8, 4) is 0 Å². The van der Waals surface area contributed by atoms with Crippen LogP contribution in [0.1, 0.15) is 11.1 Å². The van der Waals surface area contributed by atoms with Crippen LogP contribution in [0.4, 0.5) is 20.2 Å². The van der Waals surface area contributed by atoms with Gasteiger partial charge >= 0.3 is 10.2 Å². The number of fused-ring (bicyclic) bond motifs is 1. The van der Waals surface area contributed by atoms with E-state index in [4.69, 9.17) is 0 Å². The van der Waals surface area contributed by atoms with E-state index in [1.807, 2.05) is 0 Å². The molecule has 1 heterocycles. The summed E-state index contributed by atoms with van der Waals surface area (Å²) in [6.07, 6.45) is 0. The molecule has 0 aliphatic carbocycles. The van der Waals surface area contributed by atoms with Crippen molar-refractivity contribution in [1.82, 2.24) is 0 Å². The Balaban J connectivity index is 1.76. The Bertz CT molecular complexity index is 1020. The fourth-order valence-electron chi connectivity index (χ4n) is 3.15. The molecular weight excluding hydrogens is 370 g/mol. The van der Waals surface area contributed by atoms with Gasteiger partial charge in [-0.15, -0.1) is 0 Å². The highest BCUT2D eigenvalue weighted by Gasteiger charge is 2.40. The minimum atomic E-state index is -3.98. The van der Waals surface area contributed by atoms with Crippen LogP contribution in [-0.2, 0) is 23.3 Å². The van der Waals surface area contributed by atoms with Gasteiger partial charge in [0.15, 0.2) is 0 Å². The summed E-state index contributed by atoms with van der Waals surface area (Å²) in [4.78, 5) is 0. The number of anilines is 2. The lowest BCUT2D eigenvalue weighted by atomic mass is 10.2. The fourth-order valence-corrected chi connectivity index (χ4v) is 4.80. The maximum Gasteiger partial charge on any atom is 0.327 e. The van der Waals surface area contributed by atoms with Gasteiger partial charge in [-0.2, -0.15) is 8.42 Å². The van der Waals surface area contributed by atoms with E-state index < -0.39 is 21.8 Å². The first-order chi connectivity index (χ1) is 13.0. The molecule has 0 N–H and O–H groups in total. The standard InChI is InChI=1S/C20H16F2N2O2S/c21-17-9-3-1-7-15(17)13-23-19-11-5-6-12-20(19)24(27(23,25)26)14-16-8-2-4-10-18(16)22/h1-12H,13-14H2. The summed E-state index contributed by atoms with van der Waals surface area (Å²) < 4.78 is 56.9. The van der Waals surface area contributed by atoms with E-state index in [1.165, 1.54) is 12.1 Å². The second-order valence-electron chi connectivity index (χ2n) is 6.19. The Labute approximate surface area is 156 Å². The molecule has 3 aromatic rings. The maximum absolute atomic E-state index is 14.1. The highest BCUT2D eigenvalue weighted by Crippen LogP contribution is 2.42. The zero-order valence-electron chi connectivity index (χ0n) is 14.2. The van der Waals surface area contributed by atoms with Crippen LogP contribution in [0.5, 0.6) is 0 Å². The van der Waals surface area contributed by atoms with Crippen LogP contribution in [-0.4, -0.2) is 8.42 Å². The van der Waals surface area contributed by atoms with Crippen molar-refractivity contribution < 1.29 is 17.2 Å². The highest BCUT2D eigenvalue weighted by atomic mass is 32.2. The summed E-state index contributed by atoms with van der Waals surface area (Å²) in [7, 11) is -3.98. The second-order valence-corrected chi connectivity index (χ2v) is 7.97. The fraction of sp³-hybridized carbons (Fsp3) is 0.100. The van der Waals surface area contributed by atoms with E-state index in [0.29, 0.717) is 11.4 Å². The van der Waals surface area contributed by atoms with Gasteiger partial charge < -0.3 is 0 Å². The SMILES string of the molecule is O=S1(=O)N(Cc2ccccc2F)c2ccccc2N1Cc1ccccc1F. The molecule has 0 fully saturated rings. The summed E-state index contributed by atoms with van der Waals surface area (Å²) in [5, 5.41) is 0. The van der Waals surface area contributed by atoms with E-state index >= 15 is 0 Å². The normalized spacial score (nSPS) is 15.0.